The second-order valence-corrected chi connectivity index (χ2v) is 22.9. The molecule has 100 heavy (non-hydrogen) atoms. The van der Waals surface area contributed by atoms with Crippen molar-refractivity contribution in [1.29, 1.82) is 0 Å². The van der Waals surface area contributed by atoms with E-state index in [1.54, 1.807) is 62.6 Å². The largest absolute Gasteiger partial charge is 0.461 e. The Morgan fingerprint density at radius 3 is 1.71 bits per heavy atom. The van der Waals surface area contributed by atoms with Crippen molar-refractivity contribution in [2.75, 3.05) is 67.6 Å². The van der Waals surface area contributed by atoms with Crippen LogP contribution in [0.2, 0.25) is 0 Å². The molecule has 3 aliphatic rings. The van der Waals surface area contributed by atoms with Gasteiger partial charge in [0.15, 0.2) is 29.0 Å². The monoisotopic (exact) mass is 1370 g/mol. The van der Waals surface area contributed by atoms with E-state index in [1.165, 1.54) is 31.1 Å². The zero-order chi connectivity index (χ0) is 70.9. The molecule has 1 amide bonds. The summed E-state index contributed by atoms with van der Waals surface area (Å²) in [5, 5.41) is 48.4. The number of aromatic nitrogens is 15. The molecule has 0 aliphatic carbocycles. The molecule has 2 aromatic carbocycles. The Labute approximate surface area is 572 Å². The summed E-state index contributed by atoms with van der Waals surface area (Å²) in [5.74, 6) is 4.30. The minimum absolute atomic E-state index is 0.0896. The molecular formula is C65H67N25O9S. The van der Waals surface area contributed by atoms with E-state index >= 15 is 0 Å². The van der Waals surface area contributed by atoms with Crippen molar-refractivity contribution in [3.8, 4) is 34.6 Å². The number of amidine groups is 1. The Kier molecular flexibility index (Phi) is 22.9. The molecule has 0 saturated heterocycles. The number of aliphatic hydroxyl groups excluding tert-OH is 1. The number of fused-ring (bicyclic) bond motifs is 3. The van der Waals surface area contributed by atoms with Gasteiger partial charge in [-0.25, -0.2) is 34.7 Å². The highest BCUT2D eigenvalue weighted by molar-refractivity contribution is 7.85. The number of amides is 1. The van der Waals surface area contributed by atoms with E-state index in [0.717, 1.165) is 98.8 Å². The number of aryl methyl sites for hydroxylation is 1. The number of nitrogens with zero attached hydrogens (tertiary/aromatic N) is 25. The average molecular weight is 1370 g/mol. The van der Waals surface area contributed by atoms with E-state index in [4.69, 9.17) is 19.5 Å². The van der Waals surface area contributed by atoms with Crippen LogP contribution < -0.4 is 14.7 Å². The first-order valence-corrected chi connectivity index (χ1v) is 32.8. The molecule has 0 unspecified atom stereocenters. The second kappa shape index (κ2) is 32.5. The molecule has 0 bridgehead atoms. The van der Waals surface area contributed by atoms with Crippen LogP contribution in [-0.2, 0) is 40.6 Å². The SMILES string of the molecule is CCCN(CCC)c1ccc(N=C2C(COC=O)=Nn3c2nnc3-c2cc(S(=O)(=O)O)ccn2)c(CO)c1.CCN(CC)c1ccc(N=C2C(N(C)C=O)=Nn3c2nnc3-c2cnccn2)c(C)c1.CCN(CC)c1ccc(N=C2C(OC=C=C=O)=Nn3c2nnc3-c2cnccn2)nc1. The van der Waals surface area contributed by atoms with Crippen molar-refractivity contribution < 1.29 is 41.9 Å². The van der Waals surface area contributed by atoms with Gasteiger partial charge < -0.3 is 29.3 Å². The normalized spacial score (nSPS) is 13.7. The first-order valence-electron chi connectivity index (χ1n) is 31.4. The topological polar surface area (TPSA) is 401 Å². The molecule has 12 rings (SSSR count). The molecule has 9 aromatic rings. The summed E-state index contributed by atoms with van der Waals surface area (Å²) in [6.07, 6.45) is 16.0. The summed E-state index contributed by atoms with van der Waals surface area (Å²) < 4.78 is 47.2. The zero-order valence-electron chi connectivity index (χ0n) is 55.5. The highest BCUT2D eigenvalue weighted by Gasteiger charge is 2.34. The Hall–Kier alpha value is -12.4. The van der Waals surface area contributed by atoms with Crippen LogP contribution in [0.1, 0.15) is 83.0 Å². The van der Waals surface area contributed by atoms with Gasteiger partial charge in [0.05, 0.1) is 47.2 Å². The highest BCUT2D eigenvalue weighted by Crippen LogP contribution is 2.32. The van der Waals surface area contributed by atoms with Crippen LogP contribution in [0.25, 0.3) is 34.6 Å². The van der Waals surface area contributed by atoms with Crippen molar-refractivity contribution in [2.24, 2.45) is 30.3 Å². The maximum Gasteiger partial charge on any atom is 0.294 e. The highest BCUT2D eigenvalue weighted by atomic mass is 32.2. The summed E-state index contributed by atoms with van der Waals surface area (Å²) in [7, 11) is -2.85. The molecule has 7 aromatic heterocycles. The van der Waals surface area contributed by atoms with Gasteiger partial charge in [-0.05, 0) is 114 Å². The van der Waals surface area contributed by atoms with E-state index < -0.39 is 10.1 Å². The lowest BCUT2D eigenvalue weighted by atomic mass is 10.1. The summed E-state index contributed by atoms with van der Waals surface area (Å²) >= 11 is 0. The molecule has 0 radical (unpaired) electrons. The third-order valence-electron chi connectivity index (χ3n) is 15.2. The molecule has 3 aliphatic heterocycles. The van der Waals surface area contributed by atoms with Gasteiger partial charge in [0, 0.05) is 100.0 Å². The standard InChI is InChI=1S/C24H27N7O6S.C21H23N9O.C20H17N9O2/c1-3-9-30(10-4-2)17-5-6-19(16(11-17)13-32)26-22-21(14-37-15-33)29-31-23(27-28-24(22)31)20-12-18(7-8-25-20)38(34,35)36;1-5-29(6-2)15-7-8-16(14(3)11-15)24-18-20-26-25-19(17-12-22-9-10-23-17)30(20)27-21(18)28(4)13-31;1-3-28(4-2)14-6-7-16(23-12-14)24-17-19-26-25-18(15-13-21-8-9-22-15)29(19)27-20(17)31-11-5-10-30/h5-8,11-12,15,32H,3-4,9-10,13-14H2,1-2H3,(H,34,35,36);7-13H,5-6H2,1-4H3;6-9,11-13H,3-4H2,1-2H3. The zero-order valence-corrected chi connectivity index (χ0v) is 56.4. The minimum Gasteiger partial charge on any atom is -0.461 e. The van der Waals surface area contributed by atoms with Crippen LogP contribution in [0.3, 0.4) is 0 Å². The molecule has 2 N–H and O–H groups in total. The number of ether oxygens (including phenoxy) is 2. The van der Waals surface area contributed by atoms with Crippen LogP contribution in [0.5, 0.6) is 0 Å². The Morgan fingerprint density at radius 2 is 1.15 bits per heavy atom. The van der Waals surface area contributed by atoms with E-state index in [-0.39, 0.29) is 59.2 Å². The van der Waals surface area contributed by atoms with Gasteiger partial charge >= 0.3 is 0 Å². The van der Waals surface area contributed by atoms with E-state index in [2.05, 4.69) is 149 Å². The number of carbonyl (C=O) groups is 2. The number of aliphatic imine (C=N–C) groups is 3. The smallest absolute Gasteiger partial charge is 0.294 e. The van der Waals surface area contributed by atoms with Crippen LogP contribution >= 0.6 is 0 Å². The molecule has 10 heterocycles. The molecule has 35 heteroatoms. The Morgan fingerprint density at radius 1 is 0.590 bits per heavy atom. The predicted molar refractivity (Wildman–Crippen MR) is 371 cm³/mol. The lowest BCUT2D eigenvalue weighted by Crippen LogP contribution is -2.31. The summed E-state index contributed by atoms with van der Waals surface area (Å²) in [5.41, 5.74) is 10.5. The average Bonchev–Trinajstić information content (AvgIpc) is 1.62. The van der Waals surface area contributed by atoms with Crippen LogP contribution in [0.4, 0.5) is 34.3 Å². The van der Waals surface area contributed by atoms with Gasteiger partial charge in [-0.1, -0.05) is 13.8 Å². The molecule has 0 spiro atoms. The van der Waals surface area contributed by atoms with Gasteiger partial charge in [0.2, 0.25) is 41.4 Å². The fourth-order valence-electron chi connectivity index (χ4n) is 10.4. The van der Waals surface area contributed by atoms with Crippen LogP contribution in [0, 0.1) is 6.92 Å². The number of rotatable bonds is 24. The fourth-order valence-corrected chi connectivity index (χ4v) is 10.9. The van der Waals surface area contributed by atoms with Gasteiger partial charge in [0.25, 0.3) is 22.5 Å². The molecule has 0 atom stereocenters. The van der Waals surface area contributed by atoms with Crippen molar-refractivity contribution in [3.63, 3.8) is 0 Å². The number of hydrogen-bond donors (Lipinski definition) is 2. The first-order chi connectivity index (χ1) is 48.6. The number of likely N-dealkylation sites (N-methyl/N-ethyl adjacent to an activating group) is 1. The first kappa shape index (κ1) is 70.4. The molecule has 0 fully saturated rings. The van der Waals surface area contributed by atoms with E-state index in [9.17, 15) is 32.5 Å². The number of carbonyl (C=O) groups excluding carboxylic acids is 3. The lowest BCUT2D eigenvalue weighted by molar-refractivity contribution is -0.127. The van der Waals surface area contributed by atoms with Crippen molar-refractivity contribution in [1.82, 2.24) is 79.4 Å². The Bertz CT molecular complexity index is 4830. The van der Waals surface area contributed by atoms with Crippen LogP contribution in [0.15, 0.2) is 157 Å². The Balaban J connectivity index is 0.000000163. The number of pyridine rings is 2. The third kappa shape index (κ3) is 15.7. The maximum atomic E-state index is 11.6. The molecule has 512 valence electrons. The summed E-state index contributed by atoms with van der Waals surface area (Å²) in [6.45, 7) is 19.8. The maximum absolute atomic E-state index is 11.6. The molecule has 34 nitrogen and oxygen atoms in total. The molecule has 0 saturated carbocycles. The van der Waals surface area contributed by atoms with E-state index in [0.29, 0.717) is 75.4 Å². The summed E-state index contributed by atoms with van der Waals surface area (Å²) in [4.78, 5) is 79.7. The molecular weight excluding hydrogens is 1310 g/mol. The van der Waals surface area contributed by atoms with Crippen molar-refractivity contribution in [3.05, 3.63) is 151 Å². The van der Waals surface area contributed by atoms with Gasteiger partial charge in [-0.15, -0.1) is 40.8 Å². The number of aliphatic hydroxyl groups is 1. The summed E-state index contributed by atoms with van der Waals surface area (Å²) in [6, 6.07) is 17.7. The fraction of sp³-hybridized carbons (Fsp3) is 0.277. The number of benzene rings is 2. The second-order valence-electron chi connectivity index (χ2n) is 21.5. The van der Waals surface area contributed by atoms with Crippen molar-refractivity contribution in [2.45, 2.75) is 72.8 Å². The van der Waals surface area contributed by atoms with Gasteiger partial charge in [-0.2, -0.15) is 27.5 Å². The number of anilines is 3. The number of hydrogen-bond acceptors (Lipinski definition) is 29. The van der Waals surface area contributed by atoms with Crippen molar-refractivity contribution >= 4 is 97.8 Å². The predicted octanol–water partition coefficient (Wildman–Crippen LogP) is 6.28. The third-order valence-corrected chi connectivity index (χ3v) is 16.1. The lowest BCUT2D eigenvalue weighted by Gasteiger charge is -2.24. The quantitative estimate of drug-likeness (QED) is 0.0221. The van der Waals surface area contributed by atoms with Gasteiger partial charge in [-0.3, -0.25) is 34.0 Å². The van der Waals surface area contributed by atoms with Gasteiger partial charge in [0.1, 0.15) is 41.4 Å². The minimum atomic E-state index is -4.47. The van der Waals surface area contributed by atoms with E-state index in [1.807, 2.05) is 37.3 Å². The van der Waals surface area contributed by atoms with Crippen LogP contribution in [-0.4, -0.2) is 204 Å².